The summed E-state index contributed by atoms with van der Waals surface area (Å²) >= 11 is 0. The summed E-state index contributed by atoms with van der Waals surface area (Å²) in [5, 5.41) is 0. The second kappa shape index (κ2) is 8.32. The van der Waals surface area contributed by atoms with Crippen molar-refractivity contribution in [2.45, 2.75) is 112 Å². The molecule has 4 unspecified atom stereocenters. The summed E-state index contributed by atoms with van der Waals surface area (Å²) in [7, 11) is 0.507. The van der Waals surface area contributed by atoms with Crippen molar-refractivity contribution in [3.8, 4) is 0 Å². The van der Waals surface area contributed by atoms with Crippen molar-refractivity contribution in [3.05, 3.63) is 29.3 Å². The highest BCUT2D eigenvalue weighted by Crippen LogP contribution is 2.74. The van der Waals surface area contributed by atoms with E-state index in [-0.39, 0.29) is 15.8 Å². The molecular formula is C24H37NP2. The van der Waals surface area contributed by atoms with Gasteiger partial charge in [-0.25, -0.2) is 0 Å². The summed E-state index contributed by atoms with van der Waals surface area (Å²) in [6.07, 6.45) is 20.8. The predicted molar refractivity (Wildman–Crippen MR) is 123 cm³/mol. The number of benzene rings is 1. The maximum Gasteiger partial charge on any atom is 0.0353 e. The summed E-state index contributed by atoms with van der Waals surface area (Å²) in [6, 6.07) is 6.86. The van der Waals surface area contributed by atoms with E-state index in [1.165, 1.54) is 89.4 Å². The quantitative estimate of drug-likeness (QED) is 0.412. The molecule has 4 atom stereocenters. The van der Waals surface area contributed by atoms with Crippen molar-refractivity contribution in [1.29, 1.82) is 0 Å². The molecule has 0 aromatic heterocycles. The minimum absolute atomic E-state index is 0.239. The molecule has 5 rings (SSSR count). The third-order valence-corrected chi connectivity index (χ3v) is 14.5. The number of nitrogens with two attached hydrogens (primary N) is 1. The second-order valence-corrected chi connectivity index (χ2v) is 14.9. The van der Waals surface area contributed by atoms with Gasteiger partial charge >= 0.3 is 0 Å². The van der Waals surface area contributed by atoms with Gasteiger partial charge in [0.1, 0.15) is 0 Å². The third kappa shape index (κ3) is 4.12. The number of nitrogen functional groups attached to an aromatic ring is 1. The Labute approximate surface area is 168 Å². The van der Waals surface area contributed by atoms with Gasteiger partial charge in [-0.05, 0) is 77.8 Å². The van der Waals surface area contributed by atoms with E-state index < -0.39 is 0 Å². The minimum Gasteiger partial charge on any atom is -0.398 e. The van der Waals surface area contributed by atoms with Crippen molar-refractivity contribution < 1.29 is 0 Å². The van der Waals surface area contributed by atoms with Crippen LogP contribution in [0.1, 0.15) is 88.2 Å². The number of hydrogen-bond acceptors (Lipinski definition) is 1. The van der Waals surface area contributed by atoms with Crippen LogP contribution in [0.3, 0.4) is 0 Å². The molecular weight excluding hydrogens is 364 g/mol. The Morgan fingerprint density at radius 2 is 1.15 bits per heavy atom. The van der Waals surface area contributed by atoms with Crippen LogP contribution in [0.5, 0.6) is 0 Å². The lowest BCUT2D eigenvalue weighted by atomic mass is 10.0. The van der Waals surface area contributed by atoms with Gasteiger partial charge in [0.05, 0.1) is 0 Å². The SMILES string of the molecule is Nc1cccc(CP2C3CCCCCCC32)c1CP1C2CCCCCCC21. The normalized spacial score (nSPS) is 38.5. The monoisotopic (exact) mass is 401 g/mol. The highest BCUT2D eigenvalue weighted by molar-refractivity contribution is 7.67. The van der Waals surface area contributed by atoms with Crippen LogP contribution in [-0.4, -0.2) is 22.6 Å². The van der Waals surface area contributed by atoms with E-state index in [1.54, 1.807) is 11.1 Å². The third-order valence-electron chi connectivity index (χ3n) is 7.92. The highest BCUT2D eigenvalue weighted by Gasteiger charge is 2.50. The van der Waals surface area contributed by atoms with Crippen LogP contribution >= 0.6 is 15.8 Å². The molecule has 1 aromatic carbocycles. The lowest BCUT2D eigenvalue weighted by Gasteiger charge is -2.13. The first kappa shape index (κ1) is 18.9. The molecule has 1 aromatic rings. The van der Waals surface area contributed by atoms with E-state index in [1.807, 2.05) is 0 Å². The summed E-state index contributed by atoms with van der Waals surface area (Å²) in [5.74, 6) is 0. The van der Waals surface area contributed by atoms with Crippen LogP contribution in [0.25, 0.3) is 0 Å². The van der Waals surface area contributed by atoms with Gasteiger partial charge in [-0.1, -0.05) is 79.3 Å². The topological polar surface area (TPSA) is 26.0 Å². The maximum atomic E-state index is 6.56. The van der Waals surface area contributed by atoms with Crippen LogP contribution in [0.15, 0.2) is 18.2 Å². The molecule has 148 valence electrons. The Morgan fingerprint density at radius 1 is 0.667 bits per heavy atom. The minimum atomic E-state index is 0.239. The Morgan fingerprint density at radius 3 is 1.67 bits per heavy atom. The van der Waals surface area contributed by atoms with E-state index in [0.717, 1.165) is 28.3 Å². The summed E-state index contributed by atoms with van der Waals surface area (Å²) in [5.41, 5.74) is 15.3. The van der Waals surface area contributed by atoms with Crippen LogP contribution in [-0.2, 0) is 12.3 Å². The lowest BCUT2D eigenvalue weighted by Crippen LogP contribution is -1.98. The summed E-state index contributed by atoms with van der Waals surface area (Å²) in [6.45, 7) is 0. The fourth-order valence-electron chi connectivity index (χ4n) is 6.18. The molecule has 2 saturated carbocycles. The van der Waals surface area contributed by atoms with Gasteiger partial charge in [0.2, 0.25) is 0 Å². The first-order valence-electron chi connectivity index (χ1n) is 11.7. The van der Waals surface area contributed by atoms with Crippen LogP contribution < -0.4 is 5.73 Å². The van der Waals surface area contributed by atoms with Gasteiger partial charge in [-0.15, -0.1) is 0 Å². The first-order chi connectivity index (χ1) is 13.3. The standard InChI is InChI=1S/C24H37NP2/c25-20-11-9-10-18(16-26-21-12-5-1-2-6-13-22(21)26)19(20)17-27-23-14-7-3-4-8-15-24(23)27/h9-11,21-24H,1-8,12-17,25H2. The van der Waals surface area contributed by atoms with Crippen molar-refractivity contribution in [2.24, 2.45) is 0 Å². The number of hydrogen-bond donors (Lipinski definition) is 1. The molecule has 2 N–H and O–H groups in total. The average molecular weight is 402 g/mol. The zero-order valence-electron chi connectivity index (χ0n) is 16.9. The van der Waals surface area contributed by atoms with E-state index >= 15 is 0 Å². The zero-order chi connectivity index (χ0) is 18.2. The molecule has 0 radical (unpaired) electrons. The molecule has 3 heteroatoms. The number of rotatable bonds is 4. The fraction of sp³-hybridized carbons (Fsp3) is 0.750. The molecule has 0 spiro atoms. The van der Waals surface area contributed by atoms with Crippen molar-refractivity contribution >= 4 is 21.5 Å². The van der Waals surface area contributed by atoms with Crippen molar-refractivity contribution in [2.75, 3.05) is 5.73 Å². The fourth-order valence-corrected chi connectivity index (χ4v) is 13.3. The molecule has 0 amide bonds. The Kier molecular flexibility index (Phi) is 5.82. The first-order valence-corrected chi connectivity index (χ1v) is 15.0. The van der Waals surface area contributed by atoms with E-state index in [0.29, 0.717) is 0 Å². The molecule has 27 heavy (non-hydrogen) atoms. The highest BCUT2D eigenvalue weighted by atomic mass is 31.1. The molecule has 1 nitrogen and oxygen atoms in total. The van der Waals surface area contributed by atoms with Gasteiger partial charge in [-0.2, -0.15) is 0 Å². The Balaban J connectivity index is 1.28. The molecule has 2 aliphatic heterocycles. The molecule has 2 aliphatic carbocycles. The predicted octanol–water partition coefficient (Wildman–Crippen LogP) is 7.44. The Bertz CT molecular complexity index is 632. The van der Waals surface area contributed by atoms with Crippen LogP contribution in [0.4, 0.5) is 5.69 Å². The van der Waals surface area contributed by atoms with Gasteiger partial charge < -0.3 is 5.73 Å². The van der Waals surface area contributed by atoms with Crippen LogP contribution in [0.2, 0.25) is 0 Å². The maximum absolute atomic E-state index is 6.56. The summed E-state index contributed by atoms with van der Waals surface area (Å²) in [4.78, 5) is 0. The molecule has 0 bridgehead atoms. The van der Waals surface area contributed by atoms with Gasteiger partial charge in [0.15, 0.2) is 0 Å². The van der Waals surface area contributed by atoms with Crippen LogP contribution in [0, 0.1) is 0 Å². The van der Waals surface area contributed by atoms with Gasteiger partial charge in [0, 0.05) is 5.69 Å². The molecule has 4 aliphatic rings. The van der Waals surface area contributed by atoms with E-state index in [9.17, 15) is 0 Å². The molecule has 2 saturated heterocycles. The largest absolute Gasteiger partial charge is 0.398 e. The van der Waals surface area contributed by atoms with Gasteiger partial charge in [0.25, 0.3) is 0 Å². The lowest BCUT2D eigenvalue weighted by molar-refractivity contribution is 0.551. The van der Waals surface area contributed by atoms with Gasteiger partial charge in [-0.3, -0.25) is 0 Å². The van der Waals surface area contributed by atoms with Crippen molar-refractivity contribution in [3.63, 3.8) is 0 Å². The molecule has 4 fully saturated rings. The number of fused-ring (bicyclic) bond motifs is 2. The van der Waals surface area contributed by atoms with Crippen molar-refractivity contribution in [1.82, 2.24) is 0 Å². The van der Waals surface area contributed by atoms with E-state index in [4.69, 9.17) is 5.73 Å². The molecule has 2 heterocycles. The zero-order valence-corrected chi connectivity index (χ0v) is 18.7. The second-order valence-electron chi connectivity index (χ2n) is 9.58. The number of anilines is 1. The smallest absolute Gasteiger partial charge is 0.0353 e. The Hall–Kier alpha value is -0.120. The summed E-state index contributed by atoms with van der Waals surface area (Å²) < 4.78 is 0. The van der Waals surface area contributed by atoms with E-state index in [2.05, 4.69) is 18.2 Å². The average Bonchev–Trinajstić information content (AvgIpc) is 3.45.